The third-order valence-electron chi connectivity index (χ3n) is 5.87. The zero-order chi connectivity index (χ0) is 20.0. The van der Waals surface area contributed by atoms with Gasteiger partial charge < -0.3 is 4.90 Å². The van der Waals surface area contributed by atoms with Crippen LogP contribution in [-0.2, 0) is 0 Å². The van der Waals surface area contributed by atoms with E-state index in [0.717, 1.165) is 53.1 Å². The predicted octanol–water partition coefficient (Wildman–Crippen LogP) is 5.13. The largest absolute Gasteiger partial charge is 0.306 e. The van der Waals surface area contributed by atoms with E-state index >= 15 is 0 Å². The second-order valence-corrected chi connectivity index (χ2v) is 9.62. The summed E-state index contributed by atoms with van der Waals surface area (Å²) in [7, 11) is 2.15. The minimum Gasteiger partial charge on any atom is -0.306 e. The smallest absolute Gasteiger partial charge is 0.263 e. The highest BCUT2D eigenvalue weighted by atomic mass is 32.1. The van der Waals surface area contributed by atoms with Crippen LogP contribution in [0.1, 0.15) is 54.9 Å². The van der Waals surface area contributed by atoms with E-state index < -0.39 is 0 Å². The SMILES string of the molecule is Cc1ccc(-c2c(C)sc3nc(C(C)C)n(C4CCN(C)CC4)c(=O)c23)cc1. The van der Waals surface area contributed by atoms with Gasteiger partial charge in [0.25, 0.3) is 5.56 Å². The van der Waals surface area contributed by atoms with Crippen LogP contribution in [0, 0.1) is 13.8 Å². The number of hydrogen-bond donors (Lipinski definition) is 0. The summed E-state index contributed by atoms with van der Waals surface area (Å²) in [5.41, 5.74) is 3.54. The van der Waals surface area contributed by atoms with Crippen molar-refractivity contribution in [3.63, 3.8) is 0 Å². The summed E-state index contributed by atoms with van der Waals surface area (Å²) < 4.78 is 2.03. The molecule has 1 fully saturated rings. The molecule has 148 valence electrons. The lowest BCUT2D eigenvalue weighted by molar-refractivity contribution is 0.215. The van der Waals surface area contributed by atoms with Crippen molar-refractivity contribution in [2.24, 2.45) is 0 Å². The Kier molecular flexibility index (Phi) is 5.15. The Hall–Kier alpha value is -1.98. The first-order valence-corrected chi connectivity index (χ1v) is 11.0. The number of aromatic nitrogens is 2. The first kappa shape index (κ1) is 19.3. The third kappa shape index (κ3) is 3.31. The number of fused-ring (bicyclic) bond motifs is 1. The molecule has 28 heavy (non-hydrogen) atoms. The topological polar surface area (TPSA) is 38.1 Å². The van der Waals surface area contributed by atoms with Gasteiger partial charge in [-0.2, -0.15) is 0 Å². The van der Waals surface area contributed by atoms with Crippen LogP contribution in [0.2, 0.25) is 0 Å². The third-order valence-corrected chi connectivity index (χ3v) is 6.87. The lowest BCUT2D eigenvalue weighted by Gasteiger charge is -2.32. The molecule has 0 atom stereocenters. The van der Waals surface area contributed by atoms with E-state index in [1.165, 1.54) is 10.4 Å². The number of benzene rings is 1. The van der Waals surface area contributed by atoms with Crippen molar-refractivity contribution in [3.05, 3.63) is 50.9 Å². The number of thiophene rings is 1. The molecule has 1 saturated heterocycles. The summed E-state index contributed by atoms with van der Waals surface area (Å²) in [5, 5.41) is 0.801. The van der Waals surface area contributed by atoms with Crippen LogP contribution >= 0.6 is 11.3 Å². The molecule has 3 heterocycles. The molecule has 0 aliphatic carbocycles. The Morgan fingerprint density at radius 2 is 1.75 bits per heavy atom. The van der Waals surface area contributed by atoms with E-state index in [9.17, 15) is 4.79 Å². The van der Waals surface area contributed by atoms with E-state index in [1.807, 2.05) is 4.57 Å². The van der Waals surface area contributed by atoms with Gasteiger partial charge in [-0.15, -0.1) is 11.3 Å². The maximum atomic E-state index is 13.8. The molecule has 0 unspecified atom stereocenters. The van der Waals surface area contributed by atoms with E-state index in [0.29, 0.717) is 0 Å². The molecule has 1 aliphatic rings. The summed E-state index contributed by atoms with van der Waals surface area (Å²) in [5.74, 6) is 1.16. The second kappa shape index (κ2) is 7.45. The van der Waals surface area contributed by atoms with Crippen LogP contribution in [0.5, 0.6) is 0 Å². The minimum absolute atomic E-state index is 0.142. The van der Waals surface area contributed by atoms with Crippen molar-refractivity contribution in [3.8, 4) is 11.1 Å². The zero-order valence-corrected chi connectivity index (χ0v) is 18.3. The average Bonchev–Trinajstić information content (AvgIpc) is 2.99. The van der Waals surface area contributed by atoms with Gasteiger partial charge in [0.15, 0.2) is 0 Å². The van der Waals surface area contributed by atoms with E-state index in [1.54, 1.807) is 11.3 Å². The molecule has 3 aromatic rings. The van der Waals surface area contributed by atoms with Gasteiger partial charge in [-0.25, -0.2) is 4.98 Å². The number of nitrogens with zero attached hydrogens (tertiary/aromatic N) is 3. The fourth-order valence-corrected chi connectivity index (χ4v) is 5.31. The molecule has 0 saturated carbocycles. The summed E-state index contributed by atoms with van der Waals surface area (Å²) in [4.78, 5) is 23.2. The summed E-state index contributed by atoms with van der Waals surface area (Å²) in [6.07, 6.45) is 2.01. The molecular formula is C23H29N3OS. The fraction of sp³-hybridized carbons (Fsp3) is 0.478. The second-order valence-electron chi connectivity index (χ2n) is 8.41. The highest BCUT2D eigenvalue weighted by molar-refractivity contribution is 7.19. The van der Waals surface area contributed by atoms with Gasteiger partial charge in [0.05, 0.1) is 5.39 Å². The van der Waals surface area contributed by atoms with Crippen LogP contribution < -0.4 is 5.56 Å². The number of rotatable bonds is 3. The Labute approximate surface area is 170 Å². The van der Waals surface area contributed by atoms with Crippen molar-refractivity contribution in [1.29, 1.82) is 0 Å². The minimum atomic E-state index is 0.142. The lowest BCUT2D eigenvalue weighted by atomic mass is 10.0. The summed E-state index contributed by atoms with van der Waals surface area (Å²) in [6, 6.07) is 8.72. The van der Waals surface area contributed by atoms with Crippen molar-refractivity contribution < 1.29 is 0 Å². The Morgan fingerprint density at radius 1 is 1.11 bits per heavy atom. The van der Waals surface area contributed by atoms with Gasteiger partial charge in [-0.3, -0.25) is 9.36 Å². The lowest BCUT2D eigenvalue weighted by Crippen LogP contribution is -2.37. The van der Waals surface area contributed by atoms with Gasteiger partial charge in [0.1, 0.15) is 10.7 Å². The first-order chi connectivity index (χ1) is 13.4. The highest BCUT2D eigenvalue weighted by Crippen LogP contribution is 2.37. The molecule has 1 aliphatic heterocycles. The molecule has 0 bridgehead atoms. The molecular weight excluding hydrogens is 366 g/mol. The van der Waals surface area contributed by atoms with Gasteiger partial charge in [-0.1, -0.05) is 43.7 Å². The normalized spacial score (nSPS) is 16.4. The number of piperidine rings is 1. The first-order valence-electron chi connectivity index (χ1n) is 10.2. The average molecular weight is 396 g/mol. The van der Waals surface area contributed by atoms with Crippen LogP contribution in [0.3, 0.4) is 0 Å². The van der Waals surface area contributed by atoms with Gasteiger partial charge in [0, 0.05) is 22.4 Å². The van der Waals surface area contributed by atoms with Crippen LogP contribution in [0.25, 0.3) is 21.3 Å². The molecule has 4 nitrogen and oxygen atoms in total. The zero-order valence-electron chi connectivity index (χ0n) is 17.5. The van der Waals surface area contributed by atoms with Crippen molar-refractivity contribution >= 4 is 21.6 Å². The predicted molar refractivity (Wildman–Crippen MR) is 119 cm³/mol. The summed E-state index contributed by atoms with van der Waals surface area (Å²) >= 11 is 1.65. The van der Waals surface area contributed by atoms with E-state index in [2.05, 4.69) is 63.9 Å². The molecule has 0 spiro atoms. The van der Waals surface area contributed by atoms with Gasteiger partial charge >= 0.3 is 0 Å². The highest BCUT2D eigenvalue weighted by Gasteiger charge is 2.26. The Bertz CT molecular complexity index is 1050. The van der Waals surface area contributed by atoms with Crippen molar-refractivity contribution in [2.75, 3.05) is 20.1 Å². The summed E-state index contributed by atoms with van der Waals surface area (Å²) in [6.45, 7) is 10.5. The van der Waals surface area contributed by atoms with E-state index in [-0.39, 0.29) is 17.5 Å². The number of aryl methyl sites for hydroxylation is 2. The van der Waals surface area contributed by atoms with Gasteiger partial charge in [-0.05, 0) is 52.4 Å². The Morgan fingerprint density at radius 3 is 2.36 bits per heavy atom. The van der Waals surface area contributed by atoms with Gasteiger partial charge in [0.2, 0.25) is 0 Å². The number of hydrogen-bond acceptors (Lipinski definition) is 4. The molecule has 0 amide bonds. The van der Waals surface area contributed by atoms with Crippen LogP contribution in [-0.4, -0.2) is 34.6 Å². The number of likely N-dealkylation sites (tertiary alicyclic amines) is 1. The molecule has 1 aromatic carbocycles. The molecule has 2 aromatic heterocycles. The standard InChI is InChI=1S/C23H29N3OS/c1-14(2)21-24-22-20(23(27)26(21)18-10-12-25(5)13-11-18)19(16(4)28-22)17-8-6-15(3)7-9-17/h6-9,14,18H,10-13H2,1-5H3. The Balaban J connectivity index is 1.97. The molecule has 0 N–H and O–H groups in total. The maximum Gasteiger partial charge on any atom is 0.263 e. The molecule has 0 radical (unpaired) electrons. The van der Waals surface area contributed by atoms with Crippen molar-refractivity contribution in [1.82, 2.24) is 14.5 Å². The quantitative estimate of drug-likeness (QED) is 0.617. The van der Waals surface area contributed by atoms with Crippen LogP contribution in [0.15, 0.2) is 29.1 Å². The fourth-order valence-electron chi connectivity index (χ4n) is 4.27. The van der Waals surface area contributed by atoms with E-state index in [4.69, 9.17) is 4.98 Å². The van der Waals surface area contributed by atoms with Crippen LogP contribution in [0.4, 0.5) is 0 Å². The van der Waals surface area contributed by atoms with Crippen molar-refractivity contribution in [2.45, 2.75) is 52.5 Å². The maximum absolute atomic E-state index is 13.8. The monoisotopic (exact) mass is 395 g/mol. The molecule has 5 heteroatoms. The molecule has 4 rings (SSSR count).